The fourth-order valence-electron chi connectivity index (χ4n) is 1.19. The number of likely N-dealkylation sites (N-methyl/N-ethyl adjacent to an activating group) is 2. The molecule has 16 heavy (non-hydrogen) atoms. The van der Waals surface area contributed by atoms with E-state index < -0.39 is 0 Å². The van der Waals surface area contributed by atoms with E-state index in [2.05, 4.69) is 9.97 Å². The maximum Gasteiger partial charge on any atom is 0.241 e. The van der Waals surface area contributed by atoms with Crippen molar-refractivity contribution >= 4 is 17.5 Å². The third kappa shape index (κ3) is 3.08. The van der Waals surface area contributed by atoms with Crippen LogP contribution in [0.4, 0.5) is 11.6 Å². The van der Waals surface area contributed by atoms with Gasteiger partial charge in [-0.15, -0.1) is 0 Å². The minimum absolute atomic E-state index is 0.0269. The van der Waals surface area contributed by atoms with Crippen molar-refractivity contribution in [2.24, 2.45) is 0 Å². The zero-order chi connectivity index (χ0) is 12.1. The molecule has 0 fully saturated rings. The minimum atomic E-state index is 0.0269. The van der Waals surface area contributed by atoms with Crippen molar-refractivity contribution < 1.29 is 4.79 Å². The summed E-state index contributed by atoms with van der Waals surface area (Å²) in [5, 5.41) is 0. The van der Waals surface area contributed by atoms with E-state index in [9.17, 15) is 4.79 Å². The zero-order valence-corrected chi connectivity index (χ0v) is 9.84. The Morgan fingerprint density at radius 1 is 1.44 bits per heavy atom. The molecule has 2 N–H and O–H groups in total. The van der Waals surface area contributed by atoms with Crippen LogP contribution in [-0.2, 0) is 4.79 Å². The van der Waals surface area contributed by atoms with Crippen LogP contribution in [0.1, 0.15) is 6.92 Å². The standard InChI is InChI=1S/C10H17N5O/c1-4-15(6-10(16)14(2)3)9-5-8(11)12-7-13-9/h5,7H,4,6H2,1-3H3,(H2,11,12,13). The van der Waals surface area contributed by atoms with Crippen molar-refractivity contribution in [3.8, 4) is 0 Å². The summed E-state index contributed by atoms with van der Waals surface area (Å²) < 4.78 is 0. The number of aromatic nitrogens is 2. The van der Waals surface area contributed by atoms with Crippen molar-refractivity contribution in [2.75, 3.05) is 37.8 Å². The molecule has 1 rings (SSSR count). The first-order valence-corrected chi connectivity index (χ1v) is 5.07. The van der Waals surface area contributed by atoms with Crippen molar-refractivity contribution in [1.82, 2.24) is 14.9 Å². The van der Waals surface area contributed by atoms with Gasteiger partial charge in [-0.25, -0.2) is 9.97 Å². The van der Waals surface area contributed by atoms with E-state index in [1.165, 1.54) is 6.33 Å². The maximum atomic E-state index is 11.6. The Labute approximate surface area is 95.1 Å². The summed E-state index contributed by atoms with van der Waals surface area (Å²) in [4.78, 5) is 22.9. The van der Waals surface area contributed by atoms with Gasteiger partial charge >= 0.3 is 0 Å². The van der Waals surface area contributed by atoms with Gasteiger partial charge in [0.2, 0.25) is 5.91 Å². The van der Waals surface area contributed by atoms with Gasteiger partial charge in [-0.2, -0.15) is 0 Å². The predicted molar refractivity (Wildman–Crippen MR) is 63.0 cm³/mol. The van der Waals surface area contributed by atoms with Gasteiger partial charge in [0.25, 0.3) is 0 Å². The zero-order valence-electron chi connectivity index (χ0n) is 9.84. The summed E-state index contributed by atoms with van der Waals surface area (Å²) in [5.74, 6) is 1.10. The molecule has 0 aliphatic carbocycles. The third-order valence-corrected chi connectivity index (χ3v) is 2.20. The average Bonchev–Trinajstić information content (AvgIpc) is 2.25. The van der Waals surface area contributed by atoms with E-state index in [-0.39, 0.29) is 5.91 Å². The summed E-state index contributed by atoms with van der Waals surface area (Å²) in [5.41, 5.74) is 5.57. The van der Waals surface area contributed by atoms with E-state index in [4.69, 9.17) is 5.73 Å². The lowest BCUT2D eigenvalue weighted by atomic mass is 10.4. The van der Waals surface area contributed by atoms with Gasteiger partial charge in [0.15, 0.2) is 0 Å². The van der Waals surface area contributed by atoms with E-state index in [0.717, 1.165) is 0 Å². The van der Waals surface area contributed by atoms with Gasteiger partial charge < -0.3 is 15.5 Å². The molecule has 1 heterocycles. The molecule has 1 aromatic rings. The Morgan fingerprint density at radius 3 is 2.62 bits per heavy atom. The highest BCUT2D eigenvalue weighted by Gasteiger charge is 2.12. The number of anilines is 2. The smallest absolute Gasteiger partial charge is 0.241 e. The normalized spacial score (nSPS) is 9.94. The monoisotopic (exact) mass is 223 g/mol. The SMILES string of the molecule is CCN(CC(=O)N(C)C)c1cc(N)ncn1. The van der Waals surface area contributed by atoms with E-state index in [0.29, 0.717) is 24.7 Å². The first-order chi connectivity index (χ1) is 7.54. The number of nitrogens with zero attached hydrogens (tertiary/aromatic N) is 4. The lowest BCUT2D eigenvalue weighted by Gasteiger charge is -2.22. The second-order valence-electron chi connectivity index (χ2n) is 3.60. The molecule has 0 unspecified atom stereocenters. The molecule has 1 amide bonds. The Morgan fingerprint density at radius 2 is 2.12 bits per heavy atom. The maximum absolute atomic E-state index is 11.6. The molecule has 0 aliphatic heterocycles. The van der Waals surface area contributed by atoms with Gasteiger partial charge in [-0.05, 0) is 6.92 Å². The summed E-state index contributed by atoms with van der Waals surface area (Å²) in [6.07, 6.45) is 1.40. The highest BCUT2D eigenvalue weighted by Crippen LogP contribution is 2.11. The van der Waals surface area contributed by atoms with Crippen LogP contribution in [0.15, 0.2) is 12.4 Å². The molecular weight excluding hydrogens is 206 g/mol. The number of hydrogen-bond acceptors (Lipinski definition) is 5. The van der Waals surface area contributed by atoms with Gasteiger partial charge in [-0.3, -0.25) is 4.79 Å². The number of nitrogen functional groups attached to an aromatic ring is 1. The highest BCUT2D eigenvalue weighted by atomic mass is 16.2. The number of carbonyl (C=O) groups excluding carboxylic acids is 1. The third-order valence-electron chi connectivity index (χ3n) is 2.20. The largest absolute Gasteiger partial charge is 0.384 e. The van der Waals surface area contributed by atoms with Crippen LogP contribution in [0.5, 0.6) is 0 Å². The van der Waals surface area contributed by atoms with Crippen LogP contribution in [0.2, 0.25) is 0 Å². The molecule has 0 saturated heterocycles. The van der Waals surface area contributed by atoms with Crippen molar-refractivity contribution in [1.29, 1.82) is 0 Å². The number of rotatable bonds is 4. The molecule has 0 aliphatic rings. The lowest BCUT2D eigenvalue weighted by Crippen LogP contribution is -2.37. The molecule has 0 saturated carbocycles. The fraction of sp³-hybridized carbons (Fsp3) is 0.500. The Balaban J connectivity index is 2.78. The van der Waals surface area contributed by atoms with Crippen molar-refractivity contribution in [3.05, 3.63) is 12.4 Å². The quantitative estimate of drug-likeness (QED) is 0.776. The first-order valence-electron chi connectivity index (χ1n) is 5.07. The average molecular weight is 223 g/mol. The summed E-state index contributed by atoms with van der Waals surface area (Å²) in [6, 6.07) is 1.66. The summed E-state index contributed by atoms with van der Waals surface area (Å²) >= 11 is 0. The predicted octanol–water partition coefficient (Wildman–Crippen LogP) is -0.0267. The Bertz CT molecular complexity index is 366. The molecule has 0 bridgehead atoms. The topological polar surface area (TPSA) is 75.4 Å². The number of carbonyl (C=O) groups is 1. The number of nitrogens with two attached hydrogens (primary N) is 1. The van der Waals surface area contributed by atoms with Crippen LogP contribution in [0.25, 0.3) is 0 Å². The molecule has 0 atom stereocenters. The molecule has 1 aromatic heterocycles. The molecular formula is C10H17N5O. The summed E-state index contributed by atoms with van der Waals surface area (Å²) in [7, 11) is 3.45. The minimum Gasteiger partial charge on any atom is -0.384 e. The van der Waals surface area contributed by atoms with Gasteiger partial charge in [-0.1, -0.05) is 0 Å². The van der Waals surface area contributed by atoms with Crippen LogP contribution < -0.4 is 10.6 Å². The molecule has 6 nitrogen and oxygen atoms in total. The Hall–Kier alpha value is -1.85. The second-order valence-corrected chi connectivity index (χ2v) is 3.60. The molecule has 0 aromatic carbocycles. The number of hydrogen-bond donors (Lipinski definition) is 1. The molecule has 0 spiro atoms. The highest BCUT2D eigenvalue weighted by molar-refractivity contribution is 5.80. The lowest BCUT2D eigenvalue weighted by molar-refractivity contribution is -0.127. The molecule has 0 radical (unpaired) electrons. The van der Waals surface area contributed by atoms with Crippen molar-refractivity contribution in [3.63, 3.8) is 0 Å². The Kier molecular flexibility index (Phi) is 4.04. The second kappa shape index (κ2) is 5.29. The van der Waals surface area contributed by atoms with E-state index in [1.54, 1.807) is 25.1 Å². The van der Waals surface area contributed by atoms with Crippen LogP contribution in [0, 0.1) is 0 Å². The van der Waals surface area contributed by atoms with Gasteiger partial charge in [0.05, 0.1) is 6.54 Å². The van der Waals surface area contributed by atoms with Crippen LogP contribution in [-0.4, -0.2) is 48.0 Å². The van der Waals surface area contributed by atoms with Gasteiger partial charge in [0.1, 0.15) is 18.0 Å². The molecule has 88 valence electrons. The van der Waals surface area contributed by atoms with Crippen LogP contribution in [0.3, 0.4) is 0 Å². The van der Waals surface area contributed by atoms with Crippen LogP contribution >= 0.6 is 0 Å². The number of amides is 1. The van der Waals surface area contributed by atoms with Crippen molar-refractivity contribution in [2.45, 2.75) is 6.92 Å². The first kappa shape index (κ1) is 12.2. The van der Waals surface area contributed by atoms with E-state index >= 15 is 0 Å². The fourth-order valence-corrected chi connectivity index (χ4v) is 1.19. The van der Waals surface area contributed by atoms with Gasteiger partial charge in [0, 0.05) is 26.7 Å². The summed E-state index contributed by atoms with van der Waals surface area (Å²) in [6.45, 7) is 2.94. The molecule has 6 heteroatoms. The van der Waals surface area contributed by atoms with E-state index in [1.807, 2.05) is 11.8 Å².